The smallest absolute Gasteiger partial charge is 0.271 e. The summed E-state index contributed by atoms with van der Waals surface area (Å²) in [7, 11) is 0. The third kappa shape index (κ3) is 5.48. The van der Waals surface area contributed by atoms with Crippen LogP contribution >= 0.6 is 11.6 Å². The van der Waals surface area contributed by atoms with Crippen LogP contribution in [0.4, 0.5) is 5.82 Å². The lowest BCUT2D eigenvalue weighted by Crippen LogP contribution is -2.21. The van der Waals surface area contributed by atoms with Crippen molar-refractivity contribution in [3.8, 4) is 0 Å². The highest BCUT2D eigenvalue weighted by Crippen LogP contribution is 2.10. The van der Waals surface area contributed by atoms with E-state index < -0.39 is 5.91 Å². The van der Waals surface area contributed by atoms with Crippen LogP contribution in [-0.2, 0) is 4.79 Å². The van der Waals surface area contributed by atoms with E-state index in [0.29, 0.717) is 22.1 Å². The quantitative estimate of drug-likeness (QED) is 0.645. The number of nitrogens with one attached hydrogen (secondary N) is 2. The van der Waals surface area contributed by atoms with Gasteiger partial charge in [0.15, 0.2) is 0 Å². The van der Waals surface area contributed by atoms with E-state index in [2.05, 4.69) is 20.8 Å². The number of anilines is 1. The molecule has 0 aliphatic heterocycles. The van der Waals surface area contributed by atoms with Crippen LogP contribution in [0, 0.1) is 6.92 Å². The number of hydrogen-bond donors (Lipinski definition) is 2. The van der Waals surface area contributed by atoms with E-state index in [1.54, 1.807) is 37.4 Å². The third-order valence-electron chi connectivity index (χ3n) is 3.03. The maximum Gasteiger partial charge on any atom is 0.271 e. The van der Waals surface area contributed by atoms with Crippen LogP contribution in [0.2, 0.25) is 5.02 Å². The standard InChI is InChI=1S/C17H17ClN4O2/c1-11-6-7-19-15(8-11)20-16(23)9-12(2)21-22-17(24)13-4-3-5-14(18)10-13/h3-8,10H,9H2,1-2H3,(H,22,24)(H,19,20,23). The van der Waals surface area contributed by atoms with Crippen molar-refractivity contribution < 1.29 is 9.59 Å². The first kappa shape index (κ1) is 17.6. The molecule has 0 radical (unpaired) electrons. The lowest BCUT2D eigenvalue weighted by molar-refractivity contribution is -0.115. The molecule has 2 aromatic rings. The van der Waals surface area contributed by atoms with Crippen LogP contribution in [0.3, 0.4) is 0 Å². The molecule has 1 heterocycles. The fraction of sp³-hybridized carbons (Fsp3) is 0.176. The molecule has 0 aliphatic carbocycles. The van der Waals surface area contributed by atoms with Crippen LogP contribution < -0.4 is 10.7 Å². The average molecular weight is 345 g/mol. The van der Waals surface area contributed by atoms with E-state index in [1.807, 2.05) is 13.0 Å². The van der Waals surface area contributed by atoms with Gasteiger partial charge in [-0.1, -0.05) is 17.7 Å². The summed E-state index contributed by atoms with van der Waals surface area (Å²) in [6.07, 6.45) is 1.67. The molecule has 2 amide bonds. The highest BCUT2D eigenvalue weighted by atomic mass is 35.5. The Balaban J connectivity index is 1.89. The zero-order valence-corrected chi connectivity index (χ0v) is 14.1. The molecule has 0 fully saturated rings. The summed E-state index contributed by atoms with van der Waals surface area (Å²) in [4.78, 5) is 27.9. The molecule has 24 heavy (non-hydrogen) atoms. The Hall–Kier alpha value is -2.73. The molecule has 0 aliphatic rings. The number of carbonyl (C=O) groups excluding carboxylic acids is 2. The fourth-order valence-electron chi connectivity index (χ4n) is 1.90. The number of amides is 2. The van der Waals surface area contributed by atoms with Gasteiger partial charge in [-0.3, -0.25) is 9.59 Å². The van der Waals surface area contributed by atoms with Crippen molar-refractivity contribution in [2.24, 2.45) is 5.10 Å². The van der Waals surface area contributed by atoms with Gasteiger partial charge in [0.1, 0.15) is 5.82 Å². The van der Waals surface area contributed by atoms with Crippen molar-refractivity contribution in [3.63, 3.8) is 0 Å². The number of hydrogen-bond acceptors (Lipinski definition) is 4. The highest BCUT2D eigenvalue weighted by molar-refractivity contribution is 6.30. The van der Waals surface area contributed by atoms with Crippen LogP contribution in [0.5, 0.6) is 0 Å². The van der Waals surface area contributed by atoms with Gasteiger partial charge in [0.25, 0.3) is 5.91 Å². The monoisotopic (exact) mass is 344 g/mol. The number of nitrogens with zero attached hydrogens (tertiary/aromatic N) is 2. The Morgan fingerprint density at radius 2 is 2.04 bits per heavy atom. The predicted octanol–water partition coefficient (Wildman–Crippen LogP) is 3.18. The minimum Gasteiger partial charge on any atom is -0.310 e. The normalized spacial score (nSPS) is 11.0. The van der Waals surface area contributed by atoms with Gasteiger partial charge < -0.3 is 5.32 Å². The van der Waals surface area contributed by atoms with Gasteiger partial charge in [-0.05, 0) is 49.7 Å². The second-order valence-electron chi connectivity index (χ2n) is 5.24. The molecule has 1 aromatic carbocycles. The lowest BCUT2D eigenvalue weighted by Gasteiger charge is -2.05. The SMILES string of the molecule is CC(CC(=O)Nc1cc(C)ccn1)=NNC(=O)c1cccc(Cl)c1. The van der Waals surface area contributed by atoms with E-state index in [4.69, 9.17) is 11.6 Å². The zero-order chi connectivity index (χ0) is 17.5. The van der Waals surface area contributed by atoms with Gasteiger partial charge in [-0.25, -0.2) is 10.4 Å². The summed E-state index contributed by atoms with van der Waals surface area (Å²) in [5.74, 6) is -0.167. The molecule has 2 N–H and O–H groups in total. The summed E-state index contributed by atoms with van der Waals surface area (Å²) in [5.41, 5.74) is 4.26. The minimum absolute atomic E-state index is 0.0471. The highest BCUT2D eigenvalue weighted by Gasteiger charge is 2.08. The van der Waals surface area contributed by atoms with Gasteiger partial charge >= 0.3 is 0 Å². The summed E-state index contributed by atoms with van der Waals surface area (Å²) in [5, 5.41) is 7.07. The summed E-state index contributed by atoms with van der Waals surface area (Å²) in [6.45, 7) is 3.57. The second-order valence-corrected chi connectivity index (χ2v) is 5.68. The Bertz CT molecular complexity index is 790. The van der Waals surface area contributed by atoms with Crippen LogP contribution in [-0.4, -0.2) is 22.5 Å². The number of benzene rings is 1. The van der Waals surface area contributed by atoms with Gasteiger partial charge in [0, 0.05) is 22.5 Å². The molecule has 0 atom stereocenters. The van der Waals surface area contributed by atoms with Crippen molar-refractivity contribution in [1.82, 2.24) is 10.4 Å². The number of carbonyl (C=O) groups is 2. The average Bonchev–Trinajstić information content (AvgIpc) is 2.52. The molecule has 1 aromatic heterocycles. The third-order valence-corrected chi connectivity index (χ3v) is 3.27. The summed E-state index contributed by atoms with van der Waals surface area (Å²) >= 11 is 5.83. The topological polar surface area (TPSA) is 83.4 Å². The second kappa shape index (κ2) is 8.21. The number of aryl methyl sites for hydroxylation is 1. The van der Waals surface area contributed by atoms with Crippen molar-refractivity contribution in [1.29, 1.82) is 0 Å². The van der Waals surface area contributed by atoms with E-state index >= 15 is 0 Å². The Labute approximate surface area is 144 Å². The van der Waals surface area contributed by atoms with Crippen LogP contribution in [0.1, 0.15) is 29.3 Å². The van der Waals surface area contributed by atoms with Crippen molar-refractivity contribution in [3.05, 3.63) is 58.7 Å². The largest absolute Gasteiger partial charge is 0.310 e. The first-order valence-electron chi connectivity index (χ1n) is 7.25. The molecule has 0 unspecified atom stereocenters. The van der Waals surface area contributed by atoms with Crippen molar-refractivity contribution in [2.45, 2.75) is 20.3 Å². The number of aromatic nitrogens is 1. The van der Waals surface area contributed by atoms with Crippen LogP contribution in [0.25, 0.3) is 0 Å². The number of halogens is 1. The molecule has 0 saturated heterocycles. The minimum atomic E-state index is -0.391. The fourth-order valence-corrected chi connectivity index (χ4v) is 2.09. The van der Waals surface area contributed by atoms with E-state index in [9.17, 15) is 9.59 Å². The molecule has 0 spiro atoms. The maximum atomic E-state index is 11.9. The molecule has 7 heteroatoms. The van der Waals surface area contributed by atoms with Gasteiger partial charge in [0.05, 0.1) is 6.42 Å². The predicted molar refractivity (Wildman–Crippen MR) is 94.2 cm³/mol. The molecule has 0 bridgehead atoms. The summed E-state index contributed by atoms with van der Waals surface area (Å²) in [6, 6.07) is 10.1. The van der Waals surface area contributed by atoms with Crippen LogP contribution in [0.15, 0.2) is 47.7 Å². The Morgan fingerprint density at radius 3 is 2.75 bits per heavy atom. The zero-order valence-electron chi connectivity index (χ0n) is 13.3. The number of hydrazone groups is 1. The molecule has 6 nitrogen and oxygen atoms in total. The number of rotatable bonds is 5. The van der Waals surface area contributed by atoms with E-state index in [1.165, 1.54) is 6.07 Å². The maximum absolute atomic E-state index is 11.9. The van der Waals surface area contributed by atoms with E-state index in [-0.39, 0.29) is 12.3 Å². The summed E-state index contributed by atoms with van der Waals surface area (Å²) < 4.78 is 0. The molecular weight excluding hydrogens is 328 g/mol. The van der Waals surface area contributed by atoms with Crippen molar-refractivity contribution in [2.75, 3.05) is 5.32 Å². The van der Waals surface area contributed by atoms with Gasteiger partial charge in [-0.15, -0.1) is 0 Å². The van der Waals surface area contributed by atoms with E-state index in [0.717, 1.165) is 5.56 Å². The van der Waals surface area contributed by atoms with Gasteiger partial charge in [-0.2, -0.15) is 5.10 Å². The van der Waals surface area contributed by atoms with Gasteiger partial charge in [0.2, 0.25) is 5.91 Å². The molecule has 0 saturated carbocycles. The molecule has 124 valence electrons. The Morgan fingerprint density at radius 1 is 1.25 bits per heavy atom. The Kier molecular flexibility index (Phi) is 6.03. The first-order valence-corrected chi connectivity index (χ1v) is 7.63. The molecule has 2 rings (SSSR count). The number of pyridine rings is 1. The van der Waals surface area contributed by atoms with Crippen molar-refractivity contribution >= 4 is 34.9 Å². The first-order chi connectivity index (χ1) is 11.4. The lowest BCUT2D eigenvalue weighted by atomic mass is 10.2. The molecular formula is C17H17ClN4O2.